The van der Waals surface area contributed by atoms with Crippen molar-refractivity contribution in [3.63, 3.8) is 0 Å². The van der Waals surface area contributed by atoms with E-state index in [9.17, 15) is 19.7 Å². The number of anilines is 1. The molecule has 1 aromatic rings. The van der Waals surface area contributed by atoms with E-state index in [0.717, 1.165) is 6.08 Å². The Kier molecular flexibility index (Phi) is 4.14. The first kappa shape index (κ1) is 13.4. The van der Waals surface area contributed by atoms with E-state index in [0.29, 0.717) is 11.6 Å². The molecule has 7 nitrogen and oxygen atoms in total. The number of aryl methyl sites for hydroxylation is 1. The van der Waals surface area contributed by atoms with Crippen LogP contribution in [0.15, 0.2) is 30.4 Å². The molecule has 0 unspecified atom stereocenters. The molecule has 0 saturated carbocycles. The summed E-state index contributed by atoms with van der Waals surface area (Å²) in [5, 5.41) is 21.3. The number of carbonyl (C=O) groups excluding carboxylic acids is 1. The third-order valence-corrected chi connectivity index (χ3v) is 2.07. The fraction of sp³-hybridized carbons (Fsp3) is 0.0909. The molecule has 0 aromatic heterocycles. The summed E-state index contributed by atoms with van der Waals surface area (Å²) in [6, 6.07) is 4.02. The molecule has 1 amide bonds. The van der Waals surface area contributed by atoms with Crippen LogP contribution in [-0.2, 0) is 9.59 Å². The lowest BCUT2D eigenvalue weighted by Gasteiger charge is -2.05. The van der Waals surface area contributed by atoms with Crippen molar-refractivity contribution in [2.45, 2.75) is 6.92 Å². The predicted molar refractivity (Wildman–Crippen MR) is 63.2 cm³/mol. The van der Waals surface area contributed by atoms with Gasteiger partial charge in [-0.1, -0.05) is 6.07 Å². The molecule has 0 spiro atoms. The topological polar surface area (TPSA) is 110 Å². The van der Waals surface area contributed by atoms with Crippen LogP contribution in [0.2, 0.25) is 0 Å². The van der Waals surface area contributed by atoms with Gasteiger partial charge in [-0.05, 0) is 12.5 Å². The second-order valence-electron chi connectivity index (χ2n) is 3.42. The Labute approximate surface area is 102 Å². The fourth-order valence-corrected chi connectivity index (χ4v) is 1.18. The summed E-state index contributed by atoms with van der Waals surface area (Å²) in [6.07, 6.45) is 1.52. The van der Waals surface area contributed by atoms with E-state index in [-0.39, 0.29) is 11.4 Å². The number of carboxylic acids is 1. The molecule has 0 heterocycles. The van der Waals surface area contributed by atoms with Gasteiger partial charge in [0.15, 0.2) is 0 Å². The van der Waals surface area contributed by atoms with Gasteiger partial charge in [-0.25, -0.2) is 4.79 Å². The van der Waals surface area contributed by atoms with Crippen LogP contribution < -0.4 is 5.32 Å². The molecule has 0 aliphatic heterocycles. The van der Waals surface area contributed by atoms with Gasteiger partial charge in [0.1, 0.15) is 0 Å². The highest BCUT2D eigenvalue weighted by Gasteiger charge is 2.09. The van der Waals surface area contributed by atoms with Gasteiger partial charge in [0.2, 0.25) is 5.91 Å². The van der Waals surface area contributed by atoms with Crippen LogP contribution in [-0.4, -0.2) is 21.9 Å². The molecule has 1 rings (SSSR count). The first-order valence-electron chi connectivity index (χ1n) is 4.87. The Morgan fingerprint density at radius 3 is 2.61 bits per heavy atom. The Morgan fingerprint density at radius 2 is 2.06 bits per heavy atom. The van der Waals surface area contributed by atoms with E-state index in [1.807, 2.05) is 0 Å². The summed E-state index contributed by atoms with van der Waals surface area (Å²) in [4.78, 5) is 31.5. The maximum absolute atomic E-state index is 11.3. The lowest BCUT2D eigenvalue weighted by Crippen LogP contribution is -2.10. The average molecular weight is 250 g/mol. The van der Waals surface area contributed by atoms with E-state index in [1.165, 1.54) is 18.2 Å². The minimum Gasteiger partial charge on any atom is -0.478 e. The molecule has 94 valence electrons. The number of nitrogens with zero attached hydrogens (tertiary/aromatic N) is 1. The number of nitrogens with one attached hydrogen (secondary N) is 1. The average Bonchev–Trinajstić information content (AvgIpc) is 2.29. The molecule has 0 aliphatic rings. The lowest BCUT2D eigenvalue weighted by atomic mass is 10.2. The zero-order chi connectivity index (χ0) is 13.7. The van der Waals surface area contributed by atoms with Gasteiger partial charge in [0.25, 0.3) is 5.69 Å². The predicted octanol–water partition coefficient (Wildman–Crippen LogP) is 1.48. The summed E-state index contributed by atoms with van der Waals surface area (Å²) >= 11 is 0. The molecule has 18 heavy (non-hydrogen) atoms. The Bertz CT molecular complexity index is 536. The standard InChI is InChI=1S/C11H10N2O5/c1-7-2-3-8(13(17)18)6-9(7)12-10(14)4-5-11(15)16/h2-6H,1H3,(H,12,14)(H,15,16)/b5-4+. The quantitative estimate of drug-likeness (QED) is 0.477. The van der Waals surface area contributed by atoms with Gasteiger partial charge >= 0.3 is 5.97 Å². The van der Waals surface area contributed by atoms with Crippen LogP contribution in [0.3, 0.4) is 0 Å². The number of hydrogen-bond acceptors (Lipinski definition) is 4. The van der Waals surface area contributed by atoms with Crippen molar-refractivity contribution < 1.29 is 19.6 Å². The summed E-state index contributed by atoms with van der Waals surface area (Å²) < 4.78 is 0. The van der Waals surface area contributed by atoms with Crippen LogP contribution in [0.4, 0.5) is 11.4 Å². The van der Waals surface area contributed by atoms with Crippen molar-refractivity contribution >= 4 is 23.3 Å². The fourth-order valence-electron chi connectivity index (χ4n) is 1.18. The maximum atomic E-state index is 11.3. The zero-order valence-electron chi connectivity index (χ0n) is 9.41. The van der Waals surface area contributed by atoms with Gasteiger partial charge in [0, 0.05) is 24.3 Å². The Hall–Kier alpha value is -2.70. The first-order chi connectivity index (χ1) is 8.40. The van der Waals surface area contributed by atoms with Crippen LogP contribution in [0.1, 0.15) is 5.56 Å². The van der Waals surface area contributed by atoms with Gasteiger partial charge in [0.05, 0.1) is 10.6 Å². The van der Waals surface area contributed by atoms with Crippen LogP contribution in [0.5, 0.6) is 0 Å². The molecule has 1 aromatic carbocycles. The number of amides is 1. The van der Waals surface area contributed by atoms with Crippen LogP contribution >= 0.6 is 0 Å². The van der Waals surface area contributed by atoms with Gasteiger partial charge in [-0.15, -0.1) is 0 Å². The van der Waals surface area contributed by atoms with E-state index >= 15 is 0 Å². The Balaban J connectivity index is 2.90. The van der Waals surface area contributed by atoms with E-state index in [1.54, 1.807) is 6.92 Å². The number of hydrogen-bond donors (Lipinski definition) is 2. The van der Waals surface area contributed by atoms with Crippen molar-refractivity contribution in [3.05, 3.63) is 46.0 Å². The molecule has 0 bridgehead atoms. The number of benzene rings is 1. The summed E-state index contributed by atoms with van der Waals surface area (Å²) in [6.45, 7) is 1.67. The lowest BCUT2D eigenvalue weighted by molar-refractivity contribution is -0.384. The number of carbonyl (C=O) groups is 2. The number of non-ortho nitro benzene ring substituents is 1. The third kappa shape index (κ3) is 3.71. The number of aliphatic carboxylic acids is 1. The van der Waals surface area contributed by atoms with Crippen molar-refractivity contribution in [1.29, 1.82) is 0 Å². The second-order valence-corrected chi connectivity index (χ2v) is 3.42. The minimum atomic E-state index is -1.25. The van der Waals surface area contributed by atoms with Gasteiger partial charge in [-0.3, -0.25) is 14.9 Å². The van der Waals surface area contributed by atoms with E-state index < -0.39 is 16.8 Å². The molecule has 2 N–H and O–H groups in total. The highest BCUT2D eigenvalue weighted by atomic mass is 16.6. The first-order valence-corrected chi connectivity index (χ1v) is 4.87. The van der Waals surface area contributed by atoms with Crippen LogP contribution in [0, 0.1) is 17.0 Å². The Morgan fingerprint density at radius 1 is 1.39 bits per heavy atom. The van der Waals surface area contributed by atoms with Crippen molar-refractivity contribution in [2.24, 2.45) is 0 Å². The molecule has 7 heteroatoms. The number of carboxylic acid groups (broad SMARTS) is 1. The van der Waals surface area contributed by atoms with Gasteiger partial charge in [-0.2, -0.15) is 0 Å². The van der Waals surface area contributed by atoms with Crippen molar-refractivity contribution in [3.8, 4) is 0 Å². The van der Waals surface area contributed by atoms with Crippen LogP contribution in [0.25, 0.3) is 0 Å². The van der Waals surface area contributed by atoms with Crippen molar-refractivity contribution in [1.82, 2.24) is 0 Å². The second kappa shape index (κ2) is 5.58. The van der Waals surface area contributed by atoms with E-state index in [2.05, 4.69) is 5.32 Å². The minimum absolute atomic E-state index is 0.155. The third-order valence-electron chi connectivity index (χ3n) is 2.07. The monoisotopic (exact) mass is 250 g/mol. The summed E-state index contributed by atoms with van der Waals surface area (Å²) in [5.74, 6) is -1.91. The summed E-state index contributed by atoms with van der Waals surface area (Å²) in [7, 11) is 0. The maximum Gasteiger partial charge on any atom is 0.328 e. The number of nitro benzene ring substituents is 1. The smallest absolute Gasteiger partial charge is 0.328 e. The highest BCUT2D eigenvalue weighted by Crippen LogP contribution is 2.21. The molecule has 0 radical (unpaired) electrons. The van der Waals surface area contributed by atoms with Gasteiger partial charge < -0.3 is 10.4 Å². The normalized spacial score (nSPS) is 10.3. The largest absolute Gasteiger partial charge is 0.478 e. The molecular formula is C11H10N2O5. The van der Waals surface area contributed by atoms with E-state index in [4.69, 9.17) is 5.11 Å². The zero-order valence-corrected chi connectivity index (χ0v) is 9.41. The number of nitro groups is 1. The highest BCUT2D eigenvalue weighted by molar-refractivity contribution is 6.02. The number of rotatable bonds is 4. The summed E-state index contributed by atoms with van der Waals surface area (Å²) in [5.41, 5.74) is 0.750. The molecule has 0 aliphatic carbocycles. The molecule has 0 fully saturated rings. The molecular weight excluding hydrogens is 240 g/mol. The van der Waals surface area contributed by atoms with Crippen molar-refractivity contribution in [2.75, 3.05) is 5.32 Å². The molecule has 0 saturated heterocycles. The molecule has 0 atom stereocenters. The SMILES string of the molecule is Cc1ccc([N+](=O)[O-])cc1NC(=O)/C=C/C(=O)O.